The highest BCUT2D eigenvalue weighted by Crippen LogP contribution is 2.35. The van der Waals surface area contributed by atoms with E-state index < -0.39 is 11.6 Å². The molecule has 0 heterocycles. The summed E-state index contributed by atoms with van der Waals surface area (Å²) in [6.07, 6.45) is 5.51. The van der Waals surface area contributed by atoms with Crippen LogP contribution in [-0.4, -0.2) is 34.2 Å². The molecule has 2 aliphatic carbocycles. The molecule has 3 rings (SSSR count). The van der Waals surface area contributed by atoms with E-state index in [1.165, 1.54) is 5.56 Å². The van der Waals surface area contributed by atoms with Gasteiger partial charge in [-0.15, -0.1) is 0 Å². The van der Waals surface area contributed by atoms with Crippen LogP contribution in [0, 0.1) is 0 Å². The summed E-state index contributed by atoms with van der Waals surface area (Å²) in [6.45, 7) is 0.505. The number of carbonyl (C=O) groups excluding carboxylic acids is 1. The number of fused-ring (bicyclic) bond motifs is 1. The molecule has 1 aromatic rings. The molecule has 0 radical (unpaired) electrons. The minimum absolute atomic E-state index is 0.117. The Labute approximate surface area is 135 Å². The first-order chi connectivity index (χ1) is 11.0. The third-order valence-electron chi connectivity index (χ3n) is 5.15. The molecule has 3 N–H and O–H groups in total. The lowest BCUT2D eigenvalue weighted by molar-refractivity contribution is -0.130. The number of carboxylic acids is 1. The van der Waals surface area contributed by atoms with Crippen LogP contribution in [0.3, 0.4) is 0 Å². The Morgan fingerprint density at radius 1 is 1.26 bits per heavy atom. The molecule has 5 nitrogen and oxygen atoms in total. The fourth-order valence-corrected chi connectivity index (χ4v) is 3.60. The summed E-state index contributed by atoms with van der Waals surface area (Å²) in [7, 11) is 0. The monoisotopic (exact) mass is 317 g/mol. The first-order valence-electron chi connectivity index (χ1n) is 8.32. The van der Waals surface area contributed by atoms with Crippen molar-refractivity contribution in [2.75, 3.05) is 6.54 Å². The number of carboxylic acid groups (broad SMARTS) is 1. The van der Waals surface area contributed by atoms with Crippen molar-refractivity contribution in [3.63, 3.8) is 0 Å². The van der Waals surface area contributed by atoms with E-state index in [4.69, 9.17) is 5.11 Å². The predicted octanol–water partition coefficient (Wildman–Crippen LogP) is 2.23. The van der Waals surface area contributed by atoms with Crippen molar-refractivity contribution in [2.45, 2.75) is 56.5 Å². The predicted molar refractivity (Wildman–Crippen MR) is 85.5 cm³/mol. The second-order valence-corrected chi connectivity index (χ2v) is 6.87. The third-order valence-corrected chi connectivity index (χ3v) is 5.15. The lowest BCUT2D eigenvalue weighted by Gasteiger charge is -2.36. The van der Waals surface area contributed by atoms with Crippen molar-refractivity contribution in [1.29, 1.82) is 0 Å². The van der Waals surface area contributed by atoms with Crippen molar-refractivity contribution in [3.8, 4) is 0 Å². The summed E-state index contributed by atoms with van der Waals surface area (Å²) in [5, 5.41) is 22.1. The van der Waals surface area contributed by atoms with Crippen LogP contribution in [0.1, 0.15) is 65.9 Å². The van der Waals surface area contributed by atoms with Crippen LogP contribution in [0.15, 0.2) is 18.2 Å². The average molecular weight is 317 g/mol. The topological polar surface area (TPSA) is 86.6 Å². The van der Waals surface area contributed by atoms with Crippen LogP contribution in [0.2, 0.25) is 0 Å². The number of rotatable bonds is 5. The molecule has 1 aromatic carbocycles. The standard InChI is InChI=1S/C18H23NO4/c20-16(10-18(23)7-2-8-18)19-11-14-4-1-3-12-5-6-13(17(21)22)9-15(12)14/h5-6,9,14,23H,1-4,7-8,10-11H2,(H,19,20)(H,21,22)/t14-/m1/s1. The van der Waals surface area contributed by atoms with Gasteiger partial charge in [0, 0.05) is 12.5 Å². The Bertz CT molecular complexity index is 621. The molecule has 124 valence electrons. The number of carbonyl (C=O) groups is 2. The first kappa shape index (κ1) is 16.0. The highest BCUT2D eigenvalue weighted by molar-refractivity contribution is 5.88. The Morgan fingerprint density at radius 2 is 2.04 bits per heavy atom. The molecular weight excluding hydrogens is 294 g/mol. The van der Waals surface area contributed by atoms with E-state index in [1.807, 2.05) is 6.07 Å². The average Bonchev–Trinajstić information content (AvgIpc) is 2.50. The number of nitrogens with one attached hydrogen (secondary N) is 1. The number of benzene rings is 1. The van der Waals surface area contributed by atoms with E-state index in [2.05, 4.69) is 5.32 Å². The molecule has 1 saturated carbocycles. The second-order valence-electron chi connectivity index (χ2n) is 6.87. The number of aliphatic hydroxyl groups is 1. The van der Waals surface area contributed by atoms with Crippen LogP contribution < -0.4 is 5.32 Å². The van der Waals surface area contributed by atoms with Crippen molar-refractivity contribution in [1.82, 2.24) is 5.32 Å². The van der Waals surface area contributed by atoms with Crippen molar-refractivity contribution < 1.29 is 19.8 Å². The van der Waals surface area contributed by atoms with Gasteiger partial charge in [-0.25, -0.2) is 4.79 Å². The molecule has 1 fully saturated rings. The molecule has 1 atom stereocenters. The Hall–Kier alpha value is -1.88. The highest BCUT2D eigenvalue weighted by atomic mass is 16.4. The zero-order chi connectivity index (χ0) is 16.4. The summed E-state index contributed by atoms with van der Waals surface area (Å²) < 4.78 is 0. The van der Waals surface area contributed by atoms with Gasteiger partial charge in [0.2, 0.25) is 5.91 Å². The van der Waals surface area contributed by atoms with Crippen molar-refractivity contribution >= 4 is 11.9 Å². The summed E-state index contributed by atoms with van der Waals surface area (Å²) in [5.74, 6) is -0.889. The van der Waals surface area contributed by atoms with E-state index in [-0.39, 0.29) is 18.2 Å². The van der Waals surface area contributed by atoms with Gasteiger partial charge in [-0.05, 0) is 61.8 Å². The Morgan fingerprint density at radius 3 is 2.70 bits per heavy atom. The van der Waals surface area contributed by atoms with Crippen LogP contribution in [-0.2, 0) is 11.2 Å². The van der Waals surface area contributed by atoms with Crippen molar-refractivity contribution in [2.24, 2.45) is 0 Å². The number of hydrogen-bond acceptors (Lipinski definition) is 3. The molecule has 1 amide bonds. The van der Waals surface area contributed by atoms with Gasteiger partial charge in [-0.2, -0.15) is 0 Å². The number of hydrogen-bond donors (Lipinski definition) is 3. The lowest BCUT2D eigenvalue weighted by Crippen LogP contribution is -2.43. The lowest BCUT2D eigenvalue weighted by atomic mass is 9.77. The van der Waals surface area contributed by atoms with Crippen LogP contribution >= 0.6 is 0 Å². The van der Waals surface area contributed by atoms with Crippen LogP contribution in [0.25, 0.3) is 0 Å². The summed E-state index contributed by atoms with van der Waals surface area (Å²) in [6, 6.07) is 5.28. The highest BCUT2D eigenvalue weighted by Gasteiger charge is 2.36. The smallest absolute Gasteiger partial charge is 0.335 e. The molecule has 0 saturated heterocycles. The molecule has 0 spiro atoms. The molecule has 0 unspecified atom stereocenters. The fraction of sp³-hybridized carbons (Fsp3) is 0.556. The number of aromatic carboxylic acids is 1. The first-order valence-corrected chi connectivity index (χ1v) is 8.32. The van der Waals surface area contributed by atoms with Gasteiger partial charge in [-0.1, -0.05) is 6.07 Å². The van der Waals surface area contributed by atoms with Gasteiger partial charge < -0.3 is 15.5 Å². The Balaban J connectivity index is 1.64. The molecule has 2 aliphatic rings. The maximum absolute atomic E-state index is 12.0. The van der Waals surface area contributed by atoms with Crippen LogP contribution in [0.5, 0.6) is 0 Å². The Kier molecular flexibility index (Phi) is 4.39. The normalized spacial score (nSPS) is 21.9. The molecule has 5 heteroatoms. The SMILES string of the molecule is O=C(CC1(O)CCC1)NC[C@H]1CCCc2ccc(C(=O)O)cc21. The van der Waals surface area contributed by atoms with Crippen molar-refractivity contribution in [3.05, 3.63) is 34.9 Å². The second kappa shape index (κ2) is 6.32. The van der Waals surface area contributed by atoms with E-state index in [9.17, 15) is 14.7 Å². The van der Waals surface area contributed by atoms with E-state index in [1.54, 1.807) is 12.1 Å². The zero-order valence-corrected chi connectivity index (χ0v) is 13.2. The fourth-order valence-electron chi connectivity index (χ4n) is 3.60. The van der Waals surface area contributed by atoms with Gasteiger partial charge in [-0.3, -0.25) is 4.79 Å². The van der Waals surface area contributed by atoms with E-state index >= 15 is 0 Å². The van der Waals surface area contributed by atoms with Gasteiger partial charge in [0.1, 0.15) is 0 Å². The van der Waals surface area contributed by atoms with Crippen LogP contribution in [0.4, 0.5) is 0 Å². The summed E-state index contributed by atoms with van der Waals surface area (Å²) in [5.41, 5.74) is 1.72. The van der Waals surface area contributed by atoms with Gasteiger partial charge in [0.25, 0.3) is 0 Å². The maximum atomic E-state index is 12.0. The third kappa shape index (κ3) is 3.55. The van der Waals surface area contributed by atoms with Gasteiger partial charge in [0.15, 0.2) is 0 Å². The van der Waals surface area contributed by atoms with Gasteiger partial charge >= 0.3 is 5.97 Å². The quantitative estimate of drug-likeness (QED) is 0.777. The number of amides is 1. The minimum atomic E-state index is -0.923. The molecular formula is C18H23NO4. The molecule has 0 aromatic heterocycles. The molecule has 23 heavy (non-hydrogen) atoms. The maximum Gasteiger partial charge on any atom is 0.335 e. The largest absolute Gasteiger partial charge is 0.478 e. The number of aryl methyl sites for hydroxylation is 1. The summed E-state index contributed by atoms with van der Waals surface area (Å²) in [4.78, 5) is 23.2. The van der Waals surface area contributed by atoms with E-state index in [0.29, 0.717) is 24.9 Å². The minimum Gasteiger partial charge on any atom is -0.478 e. The summed E-state index contributed by atoms with van der Waals surface area (Å²) >= 11 is 0. The molecule has 0 aliphatic heterocycles. The van der Waals surface area contributed by atoms with Gasteiger partial charge in [0.05, 0.1) is 17.6 Å². The zero-order valence-electron chi connectivity index (χ0n) is 13.2. The molecule has 0 bridgehead atoms. The van der Waals surface area contributed by atoms with E-state index in [0.717, 1.165) is 31.2 Å².